The summed E-state index contributed by atoms with van der Waals surface area (Å²) in [5.41, 5.74) is -1.87. The van der Waals surface area contributed by atoms with E-state index in [4.69, 9.17) is 4.74 Å². The average molecular weight is 369 g/mol. The van der Waals surface area contributed by atoms with Gasteiger partial charge in [-0.1, -0.05) is 20.8 Å². The first-order valence-corrected chi connectivity index (χ1v) is 7.87. The van der Waals surface area contributed by atoms with Crippen LogP contribution in [-0.4, -0.2) is 53.0 Å². The van der Waals surface area contributed by atoms with Gasteiger partial charge in [0.25, 0.3) is 5.92 Å². The summed E-state index contributed by atoms with van der Waals surface area (Å²) in [4.78, 5) is 32.4. The maximum absolute atomic E-state index is 14.2. The molecule has 0 aliphatic heterocycles. The van der Waals surface area contributed by atoms with Crippen LogP contribution in [0.1, 0.15) is 54.9 Å². The lowest BCUT2D eigenvalue weighted by atomic mass is 9.83. The Balaban J connectivity index is 4.65. The number of rotatable bonds is 4. The van der Waals surface area contributed by atoms with Crippen LogP contribution in [0.4, 0.5) is 18.4 Å². The summed E-state index contributed by atoms with van der Waals surface area (Å²) in [5.74, 6) is -3.42. The Kier molecular flexibility index (Phi) is 7.62. The van der Waals surface area contributed by atoms with Crippen LogP contribution in [0.25, 0.3) is 0 Å². The topological polar surface area (TPSA) is 85.3 Å². The molecule has 148 valence electrons. The number of hydrogen-bond donors (Lipinski definition) is 1. The largest absolute Gasteiger partial charge is 0.550 e. The molecule has 0 spiro atoms. The van der Waals surface area contributed by atoms with E-state index in [1.807, 2.05) is 0 Å². The minimum absolute atomic E-state index is 0.788. The molecular formula is C16H29F2NO6. The van der Waals surface area contributed by atoms with Crippen molar-refractivity contribution in [1.82, 2.24) is 4.90 Å². The number of carbonyl (C=O) groups is 2. The lowest BCUT2D eigenvalue weighted by Crippen LogP contribution is -2.48. The van der Waals surface area contributed by atoms with Gasteiger partial charge in [-0.3, -0.25) is 0 Å². The molecule has 0 radical (unpaired) electrons. The number of aliphatic hydroxyl groups excluding tert-OH is 1. The van der Waals surface area contributed by atoms with Crippen molar-refractivity contribution < 1.29 is 38.0 Å². The number of alkyl halides is 2. The van der Waals surface area contributed by atoms with Gasteiger partial charge in [-0.05, 0) is 33.1 Å². The number of aliphatic hydroxyl groups is 1. The van der Waals surface area contributed by atoms with Crippen molar-refractivity contribution in [3.8, 4) is 0 Å². The molecule has 0 rings (SSSR count). The highest BCUT2D eigenvalue weighted by Crippen LogP contribution is 2.36. The van der Waals surface area contributed by atoms with E-state index < -0.39 is 47.8 Å². The van der Waals surface area contributed by atoms with Gasteiger partial charge in [0, 0.05) is 19.5 Å². The van der Waals surface area contributed by atoms with Gasteiger partial charge in [0.05, 0.1) is 0 Å². The summed E-state index contributed by atoms with van der Waals surface area (Å²) in [6.07, 6.45) is -5.04. The van der Waals surface area contributed by atoms with Crippen LogP contribution in [-0.2, 0) is 14.5 Å². The van der Waals surface area contributed by atoms with E-state index in [1.54, 1.807) is 20.8 Å². The van der Waals surface area contributed by atoms with Gasteiger partial charge in [0.1, 0.15) is 11.7 Å². The van der Waals surface area contributed by atoms with Crippen molar-refractivity contribution in [1.29, 1.82) is 0 Å². The third-order valence-corrected chi connectivity index (χ3v) is 3.31. The van der Waals surface area contributed by atoms with E-state index in [1.165, 1.54) is 34.7 Å². The molecular weight excluding hydrogens is 340 g/mol. The summed E-state index contributed by atoms with van der Waals surface area (Å²) in [7, 11) is 1.21. The van der Waals surface area contributed by atoms with Crippen LogP contribution in [0, 0.1) is 5.41 Å². The standard InChI is InChI=1S/C16H29F2NO6/c1-10(9-16(17,18)11(20)14(2,3)4)19(8)12(21)24-25-13(22)23-15(5,6)7/h10-11,20H,9H2,1-8H3. The molecule has 0 aliphatic rings. The molecule has 0 saturated carbocycles. The second-order valence-electron chi connectivity index (χ2n) is 8.09. The first-order valence-electron chi connectivity index (χ1n) is 7.87. The Morgan fingerprint density at radius 1 is 1.08 bits per heavy atom. The third kappa shape index (κ3) is 8.33. The molecule has 0 fully saturated rings. The Labute approximate surface area is 147 Å². The van der Waals surface area contributed by atoms with Crippen LogP contribution >= 0.6 is 0 Å². The highest BCUT2D eigenvalue weighted by atomic mass is 19.3. The van der Waals surface area contributed by atoms with E-state index >= 15 is 0 Å². The molecule has 9 heteroatoms. The Morgan fingerprint density at radius 3 is 1.96 bits per heavy atom. The lowest BCUT2D eigenvalue weighted by molar-refractivity contribution is -0.218. The van der Waals surface area contributed by atoms with Crippen molar-refractivity contribution in [3.63, 3.8) is 0 Å². The summed E-state index contributed by atoms with van der Waals surface area (Å²) >= 11 is 0. The Hall–Kier alpha value is -1.64. The maximum atomic E-state index is 14.2. The molecule has 2 unspecified atom stereocenters. The molecule has 25 heavy (non-hydrogen) atoms. The monoisotopic (exact) mass is 369 g/mol. The normalized spacial score (nSPS) is 15.2. The fourth-order valence-corrected chi connectivity index (χ4v) is 1.85. The van der Waals surface area contributed by atoms with Gasteiger partial charge in [-0.2, -0.15) is 4.79 Å². The SMILES string of the molecule is CC(CC(F)(F)C(O)C(C)(C)C)N(C)C(=O)OOC(=O)OC(C)(C)C. The van der Waals surface area contributed by atoms with Crippen LogP contribution in [0.2, 0.25) is 0 Å². The molecule has 7 nitrogen and oxygen atoms in total. The van der Waals surface area contributed by atoms with Crippen LogP contribution in [0.3, 0.4) is 0 Å². The lowest BCUT2D eigenvalue weighted by Gasteiger charge is -2.35. The Morgan fingerprint density at radius 2 is 1.56 bits per heavy atom. The van der Waals surface area contributed by atoms with Crippen molar-refractivity contribution in [2.45, 2.75) is 78.6 Å². The van der Waals surface area contributed by atoms with Crippen molar-refractivity contribution >= 4 is 12.2 Å². The fourth-order valence-electron chi connectivity index (χ4n) is 1.85. The van der Waals surface area contributed by atoms with Crippen molar-refractivity contribution in [3.05, 3.63) is 0 Å². The van der Waals surface area contributed by atoms with Crippen molar-refractivity contribution in [2.24, 2.45) is 5.41 Å². The van der Waals surface area contributed by atoms with Gasteiger partial charge in [-0.15, -0.1) is 0 Å². The highest BCUT2D eigenvalue weighted by molar-refractivity contribution is 5.68. The van der Waals surface area contributed by atoms with Gasteiger partial charge in [0.2, 0.25) is 0 Å². The number of nitrogens with zero attached hydrogens (tertiary/aromatic N) is 1. The predicted molar refractivity (Wildman–Crippen MR) is 86.1 cm³/mol. The summed E-state index contributed by atoms with van der Waals surface area (Å²) in [6.45, 7) is 10.6. The second-order valence-corrected chi connectivity index (χ2v) is 8.09. The number of hydrogen-bond acceptors (Lipinski definition) is 6. The van der Waals surface area contributed by atoms with Gasteiger partial charge in [-0.25, -0.2) is 23.4 Å². The Bertz CT molecular complexity index is 470. The van der Waals surface area contributed by atoms with Gasteiger partial charge >= 0.3 is 12.2 Å². The minimum atomic E-state index is -3.42. The molecule has 1 amide bonds. The number of ether oxygens (including phenoxy) is 1. The molecule has 0 aromatic carbocycles. The highest BCUT2D eigenvalue weighted by Gasteiger charge is 2.46. The van der Waals surface area contributed by atoms with Crippen molar-refractivity contribution in [2.75, 3.05) is 7.05 Å². The van der Waals surface area contributed by atoms with Gasteiger partial charge in [0.15, 0.2) is 0 Å². The summed E-state index contributed by atoms with van der Waals surface area (Å²) in [6, 6.07) is -0.985. The zero-order valence-corrected chi connectivity index (χ0v) is 16.1. The zero-order valence-electron chi connectivity index (χ0n) is 16.1. The van der Waals surface area contributed by atoms with E-state index in [-0.39, 0.29) is 0 Å². The molecule has 2 atom stereocenters. The van der Waals surface area contributed by atoms with E-state index in [9.17, 15) is 23.5 Å². The first-order chi connectivity index (χ1) is 11.0. The van der Waals surface area contributed by atoms with E-state index in [2.05, 4.69) is 9.78 Å². The minimum Gasteiger partial charge on any atom is -0.426 e. The summed E-state index contributed by atoms with van der Waals surface area (Å²) in [5, 5.41) is 9.80. The third-order valence-electron chi connectivity index (χ3n) is 3.31. The number of amides is 1. The second kappa shape index (κ2) is 8.16. The molecule has 0 aromatic heterocycles. The summed E-state index contributed by atoms with van der Waals surface area (Å²) < 4.78 is 33.1. The van der Waals surface area contributed by atoms with Gasteiger partial charge < -0.3 is 14.7 Å². The quantitative estimate of drug-likeness (QED) is 0.462. The molecule has 0 aliphatic carbocycles. The first kappa shape index (κ1) is 23.4. The maximum Gasteiger partial charge on any atom is 0.550 e. The zero-order chi connectivity index (χ0) is 20.2. The van der Waals surface area contributed by atoms with Crippen LogP contribution < -0.4 is 0 Å². The number of carbonyl (C=O) groups excluding carboxylic acids is 2. The predicted octanol–water partition coefficient (Wildman–Crippen LogP) is 3.74. The smallest absolute Gasteiger partial charge is 0.426 e. The molecule has 0 heterocycles. The van der Waals surface area contributed by atoms with E-state index in [0.717, 1.165) is 4.90 Å². The number of halogens is 2. The molecule has 0 bridgehead atoms. The fraction of sp³-hybridized carbons (Fsp3) is 0.875. The van der Waals surface area contributed by atoms with Crippen LogP contribution in [0.15, 0.2) is 0 Å². The van der Waals surface area contributed by atoms with E-state index in [0.29, 0.717) is 0 Å². The molecule has 0 aromatic rings. The average Bonchev–Trinajstić information content (AvgIpc) is 2.39. The molecule has 1 N–H and O–H groups in total. The van der Waals surface area contributed by atoms with Crippen LogP contribution in [0.5, 0.6) is 0 Å². The molecule has 0 saturated heterocycles.